The molecule has 0 aliphatic carbocycles. The van der Waals surface area contributed by atoms with Gasteiger partial charge in [-0.05, 0) is 55.0 Å². The van der Waals surface area contributed by atoms with Crippen LogP contribution in [0.1, 0.15) is 47.6 Å². The first-order valence-electron chi connectivity index (χ1n) is 11.2. The van der Waals surface area contributed by atoms with Crippen LogP contribution in [0.4, 0.5) is 0 Å². The number of carbonyl (C=O) groups excluding carboxylic acids is 3. The molecule has 33 heavy (non-hydrogen) atoms. The smallest absolute Gasteiger partial charge is 0.289 e. The summed E-state index contributed by atoms with van der Waals surface area (Å²) in [5.41, 5.74) is 0.395. The Hall–Kier alpha value is -3.49. The Morgan fingerprint density at radius 2 is 1.85 bits per heavy atom. The van der Waals surface area contributed by atoms with E-state index in [0.29, 0.717) is 55.3 Å². The van der Waals surface area contributed by atoms with Crippen LogP contribution in [0, 0.1) is 11.8 Å². The lowest BCUT2D eigenvalue weighted by Gasteiger charge is -2.35. The molecule has 2 N–H and O–H groups in total. The zero-order valence-corrected chi connectivity index (χ0v) is 18.8. The van der Waals surface area contributed by atoms with Gasteiger partial charge in [0.2, 0.25) is 12.7 Å². The first kappa shape index (κ1) is 22.7. The summed E-state index contributed by atoms with van der Waals surface area (Å²) < 4.78 is 15.9. The second kappa shape index (κ2) is 9.97. The predicted octanol–water partition coefficient (Wildman–Crippen LogP) is 2.43. The minimum atomic E-state index is -0.706. The number of likely N-dealkylation sites (tertiary alicyclic amines) is 1. The number of piperidine rings is 1. The number of benzene rings is 1. The number of amides is 3. The van der Waals surface area contributed by atoms with Gasteiger partial charge in [0.25, 0.3) is 11.8 Å². The maximum atomic E-state index is 13.0. The molecule has 2 aromatic rings. The quantitative estimate of drug-likeness (QED) is 0.664. The molecule has 1 fully saturated rings. The number of ether oxygens (including phenoxy) is 2. The van der Waals surface area contributed by atoms with Gasteiger partial charge in [0, 0.05) is 25.2 Å². The van der Waals surface area contributed by atoms with E-state index < -0.39 is 6.04 Å². The summed E-state index contributed by atoms with van der Waals surface area (Å²) in [7, 11) is 0. The molecule has 1 unspecified atom stereocenters. The molecule has 0 saturated carbocycles. The Morgan fingerprint density at radius 3 is 2.55 bits per heavy atom. The molecule has 176 valence electrons. The number of hydrogen-bond donors (Lipinski definition) is 2. The summed E-state index contributed by atoms with van der Waals surface area (Å²) in [4.78, 5) is 40.3. The lowest BCUT2D eigenvalue weighted by Crippen LogP contribution is -2.54. The highest BCUT2D eigenvalue weighted by molar-refractivity contribution is 5.98. The fourth-order valence-electron chi connectivity index (χ4n) is 4.07. The SMILES string of the molecule is CC(C)CNC(=O)C(NC(=O)c1ccc2c(c1)OCO2)C1CCN(C(=O)c2ccco2)CC1. The van der Waals surface area contributed by atoms with Gasteiger partial charge in [-0.1, -0.05) is 13.8 Å². The van der Waals surface area contributed by atoms with Crippen LogP contribution >= 0.6 is 0 Å². The average Bonchev–Trinajstić information content (AvgIpc) is 3.52. The van der Waals surface area contributed by atoms with Gasteiger partial charge in [-0.2, -0.15) is 0 Å². The van der Waals surface area contributed by atoms with Crippen molar-refractivity contribution in [2.75, 3.05) is 26.4 Å². The zero-order chi connectivity index (χ0) is 23.4. The van der Waals surface area contributed by atoms with Crippen molar-refractivity contribution in [1.82, 2.24) is 15.5 Å². The summed E-state index contributed by atoms with van der Waals surface area (Å²) >= 11 is 0. The minimum absolute atomic E-state index is 0.101. The van der Waals surface area contributed by atoms with Gasteiger partial charge in [0.1, 0.15) is 6.04 Å². The molecule has 3 amide bonds. The predicted molar refractivity (Wildman–Crippen MR) is 119 cm³/mol. The average molecular weight is 456 g/mol. The van der Waals surface area contributed by atoms with Gasteiger partial charge in [0.15, 0.2) is 17.3 Å². The molecule has 0 radical (unpaired) electrons. The van der Waals surface area contributed by atoms with E-state index in [9.17, 15) is 14.4 Å². The van der Waals surface area contributed by atoms with Gasteiger partial charge in [-0.25, -0.2) is 0 Å². The molecule has 1 aromatic carbocycles. The van der Waals surface area contributed by atoms with Crippen LogP contribution in [0.3, 0.4) is 0 Å². The van der Waals surface area contributed by atoms with Crippen molar-refractivity contribution in [2.45, 2.75) is 32.7 Å². The number of fused-ring (bicyclic) bond motifs is 1. The first-order valence-corrected chi connectivity index (χ1v) is 11.2. The van der Waals surface area contributed by atoms with E-state index >= 15 is 0 Å². The fourth-order valence-corrected chi connectivity index (χ4v) is 4.07. The molecule has 4 rings (SSSR count). The number of furan rings is 1. The van der Waals surface area contributed by atoms with Crippen LogP contribution in [-0.2, 0) is 4.79 Å². The van der Waals surface area contributed by atoms with E-state index in [1.54, 1.807) is 35.2 Å². The number of nitrogens with one attached hydrogen (secondary N) is 2. The number of carbonyl (C=O) groups is 3. The van der Waals surface area contributed by atoms with E-state index in [2.05, 4.69) is 10.6 Å². The summed E-state index contributed by atoms with van der Waals surface area (Å²) in [6.07, 6.45) is 2.65. The minimum Gasteiger partial charge on any atom is -0.459 e. The van der Waals surface area contributed by atoms with Crippen LogP contribution in [-0.4, -0.2) is 55.1 Å². The third kappa shape index (κ3) is 5.30. The Kier molecular flexibility index (Phi) is 6.86. The van der Waals surface area contributed by atoms with E-state index in [4.69, 9.17) is 13.9 Å². The van der Waals surface area contributed by atoms with E-state index in [1.165, 1.54) is 6.26 Å². The number of nitrogens with zero attached hydrogens (tertiary/aromatic N) is 1. The molecule has 0 spiro atoms. The molecule has 0 bridgehead atoms. The second-order valence-corrected chi connectivity index (χ2v) is 8.77. The molecule has 1 aromatic heterocycles. The monoisotopic (exact) mass is 455 g/mol. The van der Waals surface area contributed by atoms with Crippen molar-refractivity contribution in [3.8, 4) is 11.5 Å². The van der Waals surface area contributed by atoms with Gasteiger partial charge < -0.3 is 29.4 Å². The second-order valence-electron chi connectivity index (χ2n) is 8.77. The number of rotatable bonds is 7. The lowest BCUT2D eigenvalue weighted by molar-refractivity contribution is -0.124. The van der Waals surface area contributed by atoms with E-state index in [0.717, 1.165) is 0 Å². The van der Waals surface area contributed by atoms with Crippen molar-refractivity contribution < 1.29 is 28.3 Å². The van der Waals surface area contributed by atoms with E-state index in [-0.39, 0.29) is 36.4 Å². The largest absolute Gasteiger partial charge is 0.459 e. The van der Waals surface area contributed by atoms with Crippen molar-refractivity contribution in [3.05, 3.63) is 47.9 Å². The third-order valence-corrected chi connectivity index (χ3v) is 5.92. The van der Waals surface area contributed by atoms with E-state index in [1.807, 2.05) is 13.8 Å². The molecule has 9 heteroatoms. The molecule has 2 aliphatic rings. The van der Waals surface area contributed by atoms with Gasteiger partial charge >= 0.3 is 0 Å². The number of hydrogen-bond acceptors (Lipinski definition) is 6. The summed E-state index contributed by atoms with van der Waals surface area (Å²) in [6.45, 7) is 5.63. The summed E-state index contributed by atoms with van der Waals surface area (Å²) in [5.74, 6) is 0.849. The van der Waals surface area contributed by atoms with Gasteiger partial charge in [0.05, 0.1) is 6.26 Å². The summed E-state index contributed by atoms with van der Waals surface area (Å²) in [6, 6.07) is 7.57. The maximum Gasteiger partial charge on any atom is 0.289 e. The Balaban J connectivity index is 1.44. The molecular formula is C24H29N3O6. The van der Waals surface area contributed by atoms with Crippen molar-refractivity contribution in [3.63, 3.8) is 0 Å². The highest BCUT2D eigenvalue weighted by atomic mass is 16.7. The molecule has 9 nitrogen and oxygen atoms in total. The van der Waals surface area contributed by atoms with Gasteiger partial charge in [-0.3, -0.25) is 14.4 Å². The zero-order valence-electron chi connectivity index (χ0n) is 18.8. The van der Waals surface area contributed by atoms with Crippen LogP contribution in [0.2, 0.25) is 0 Å². The Labute approximate surface area is 192 Å². The standard InChI is InChI=1S/C24H29N3O6/c1-15(2)13-25-23(29)21(26-22(28)17-5-6-18-20(12-17)33-14-32-18)16-7-9-27(10-8-16)24(30)19-4-3-11-31-19/h3-6,11-12,15-16,21H,7-10,13-14H2,1-2H3,(H,25,29)(H,26,28). The third-order valence-electron chi connectivity index (χ3n) is 5.92. The lowest BCUT2D eigenvalue weighted by atomic mass is 9.88. The highest BCUT2D eigenvalue weighted by Crippen LogP contribution is 2.32. The molecular weight excluding hydrogens is 426 g/mol. The molecule has 2 aliphatic heterocycles. The Bertz CT molecular complexity index is 996. The van der Waals surface area contributed by atoms with Crippen LogP contribution in [0.15, 0.2) is 41.0 Å². The fraction of sp³-hybridized carbons (Fsp3) is 0.458. The van der Waals surface area contributed by atoms with Crippen molar-refractivity contribution in [2.24, 2.45) is 11.8 Å². The van der Waals surface area contributed by atoms with Gasteiger partial charge in [-0.15, -0.1) is 0 Å². The maximum absolute atomic E-state index is 13.0. The molecule has 1 atom stereocenters. The van der Waals surface area contributed by atoms with Crippen LogP contribution in [0.25, 0.3) is 0 Å². The summed E-state index contributed by atoms with van der Waals surface area (Å²) in [5, 5.41) is 5.86. The van der Waals surface area contributed by atoms with Crippen molar-refractivity contribution in [1.29, 1.82) is 0 Å². The molecule has 3 heterocycles. The topological polar surface area (TPSA) is 110 Å². The molecule has 1 saturated heterocycles. The van der Waals surface area contributed by atoms with Crippen LogP contribution < -0.4 is 20.1 Å². The normalized spacial score (nSPS) is 16.5. The first-order chi connectivity index (χ1) is 15.9. The Morgan fingerprint density at radius 1 is 1.09 bits per heavy atom. The van der Waals surface area contributed by atoms with Crippen molar-refractivity contribution >= 4 is 17.7 Å². The van der Waals surface area contributed by atoms with Crippen LogP contribution in [0.5, 0.6) is 11.5 Å². The highest BCUT2D eigenvalue weighted by Gasteiger charge is 2.34.